The maximum atomic E-state index is 13.2. The van der Waals surface area contributed by atoms with Crippen molar-refractivity contribution in [2.24, 2.45) is 5.92 Å². The number of nitrogens with zero attached hydrogens (tertiary/aromatic N) is 5. The standard InChI is InChI=1S/C26H32N6O2S/c1-17(2)24(25-28-29-30-32(25)15-21-9-5-11-34-21)31(16-22-10-6-12-35-22)14-20-13-19-8-4-7-18(3)23(19)27-26(20)33/h4,6-8,10,12-13,17,21,24H,5,9,11,14-16H2,1-3H3,(H,27,33)/t21-,24-/m1/s1. The molecule has 5 rings (SSSR count). The molecule has 1 aliphatic rings. The smallest absolute Gasteiger partial charge is 0.252 e. The molecule has 8 nitrogen and oxygen atoms in total. The fourth-order valence-corrected chi connectivity index (χ4v) is 5.77. The molecule has 1 fully saturated rings. The molecule has 4 heterocycles. The topological polar surface area (TPSA) is 88.9 Å². The van der Waals surface area contributed by atoms with Gasteiger partial charge in [0.05, 0.1) is 24.2 Å². The van der Waals surface area contributed by atoms with E-state index in [4.69, 9.17) is 4.74 Å². The third-order valence-electron chi connectivity index (χ3n) is 6.73. The fraction of sp³-hybridized carbons (Fsp3) is 0.462. The fourth-order valence-electron chi connectivity index (χ4n) is 5.04. The SMILES string of the molecule is Cc1cccc2cc(CN(Cc3cccs3)[C@@H](c3nnnn3C[C@H]3CCCO3)C(C)C)c(=O)[nH]c12. The van der Waals surface area contributed by atoms with Crippen molar-refractivity contribution in [1.29, 1.82) is 0 Å². The van der Waals surface area contributed by atoms with Gasteiger partial charge in [-0.3, -0.25) is 9.69 Å². The highest BCUT2D eigenvalue weighted by Gasteiger charge is 2.31. The van der Waals surface area contributed by atoms with E-state index in [-0.39, 0.29) is 23.6 Å². The van der Waals surface area contributed by atoms with Gasteiger partial charge in [0.2, 0.25) is 0 Å². The summed E-state index contributed by atoms with van der Waals surface area (Å²) in [6.45, 7) is 9.03. The average Bonchev–Trinajstić information content (AvgIpc) is 3.60. The number of hydrogen-bond donors (Lipinski definition) is 1. The highest BCUT2D eigenvalue weighted by atomic mass is 32.1. The number of rotatable bonds is 9. The molecular formula is C26H32N6O2S. The van der Waals surface area contributed by atoms with Gasteiger partial charge in [0.25, 0.3) is 5.56 Å². The van der Waals surface area contributed by atoms with Crippen LogP contribution in [0.2, 0.25) is 0 Å². The Morgan fingerprint density at radius 2 is 2.14 bits per heavy atom. The van der Waals surface area contributed by atoms with E-state index in [0.717, 1.165) is 47.3 Å². The molecular weight excluding hydrogens is 460 g/mol. The first-order valence-electron chi connectivity index (χ1n) is 12.2. The number of para-hydroxylation sites is 1. The van der Waals surface area contributed by atoms with Gasteiger partial charge in [0.15, 0.2) is 5.82 Å². The Morgan fingerprint density at radius 1 is 1.26 bits per heavy atom. The molecule has 184 valence electrons. The highest BCUT2D eigenvalue weighted by molar-refractivity contribution is 7.09. The second kappa shape index (κ2) is 10.4. The summed E-state index contributed by atoms with van der Waals surface area (Å²) in [5, 5.41) is 16.0. The maximum Gasteiger partial charge on any atom is 0.252 e. The Morgan fingerprint density at radius 3 is 2.89 bits per heavy atom. The zero-order valence-corrected chi connectivity index (χ0v) is 21.3. The van der Waals surface area contributed by atoms with Crippen LogP contribution in [0.4, 0.5) is 0 Å². The van der Waals surface area contributed by atoms with Crippen LogP contribution >= 0.6 is 11.3 Å². The van der Waals surface area contributed by atoms with E-state index in [2.05, 4.69) is 56.8 Å². The molecule has 3 aromatic heterocycles. The van der Waals surface area contributed by atoms with Crippen LogP contribution in [0.3, 0.4) is 0 Å². The second-order valence-electron chi connectivity index (χ2n) is 9.69. The summed E-state index contributed by atoms with van der Waals surface area (Å²) in [5.41, 5.74) is 2.65. The van der Waals surface area contributed by atoms with Crippen LogP contribution in [0.15, 0.2) is 46.6 Å². The molecule has 0 amide bonds. The first-order valence-corrected chi connectivity index (χ1v) is 13.1. The Hall–Kier alpha value is -2.88. The number of aromatic nitrogens is 5. The van der Waals surface area contributed by atoms with Gasteiger partial charge >= 0.3 is 0 Å². The summed E-state index contributed by atoms with van der Waals surface area (Å²) >= 11 is 1.72. The molecule has 1 N–H and O–H groups in total. The molecule has 0 saturated carbocycles. The lowest BCUT2D eigenvalue weighted by Crippen LogP contribution is -2.35. The number of aromatic amines is 1. The van der Waals surface area contributed by atoms with Crippen LogP contribution < -0.4 is 5.56 Å². The van der Waals surface area contributed by atoms with Crippen molar-refractivity contribution in [1.82, 2.24) is 30.1 Å². The molecule has 1 saturated heterocycles. The molecule has 0 spiro atoms. The molecule has 0 radical (unpaired) electrons. The van der Waals surface area contributed by atoms with Crippen molar-refractivity contribution in [3.8, 4) is 0 Å². The number of pyridine rings is 1. The van der Waals surface area contributed by atoms with Gasteiger partial charge < -0.3 is 9.72 Å². The molecule has 4 aromatic rings. The van der Waals surface area contributed by atoms with Gasteiger partial charge in [0, 0.05) is 30.1 Å². The minimum Gasteiger partial charge on any atom is -0.376 e. The number of ether oxygens (including phenoxy) is 1. The number of benzene rings is 1. The second-order valence-corrected chi connectivity index (χ2v) is 10.7. The van der Waals surface area contributed by atoms with Crippen LogP contribution in [-0.2, 0) is 24.4 Å². The summed E-state index contributed by atoms with van der Waals surface area (Å²) in [6.07, 6.45) is 2.24. The first kappa shape index (κ1) is 23.8. The Kier molecular flexibility index (Phi) is 7.08. The third-order valence-corrected chi connectivity index (χ3v) is 7.59. The largest absolute Gasteiger partial charge is 0.376 e. The van der Waals surface area contributed by atoms with Crippen LogP contribution in [0.1, 0.15) is 54.6 Å². The zero-order chi connectivity index (χ0) is 24.4. The van der Waals surface area contributed by atoms with Gasteiger partial charge in [-0.1, -0.05) is 38.1 Å². The summed E-state index contributed by atoms with van der Waals surface area (Å²) in [6, 6.07) is 12.3. The highest BCUT2D eigenvalue weighted by Crippen LogP contribution is 2.31. The summed E-state index contributed by atoms with van der Waals surface area (Å²) in [4.78, 5) is 19.8. The van der Waals surface area contributed by atoms with E-state index in [1.54, 1.807) is 11.3 Å². The first-order chi connectivity index (χ1) is 17.0. The van der Waals surface area contributed by atoms with Crippen molar-refractivity contribution >= 4 is 22.2 Å². The lowest BCUT2D eigenvalue weighted by Gasteiger charge is -2.33. The molecule has 1 aromatic carbocycles. The van der Waals surface area contributed by atoms with E-state index < -0.39 is 0 Å². The van der Waals surface area contributed by atoms with E-state index in [1.165, 1.54) is 4.88 Å². The molecule has 0 aliphatic carbocycles. The number of H-pyrrole nitrogens is 1. The monoisotopic (exact) mass is 492 g/mol. The lowest BCUT2D eigenvalue weighted by molar-refractivity contribution is 0.0853. The van der Waals surface area contributed by atoms with Crippen molar-refractivity contribution in [2.45, 2.75) is 65.4 Å². The molecule has 2 atom stereocenters. The Balaban J connectivity index is 1.52. The predicted molar refractivity (Wildman–Crippen MR) is 137 cm³/mol. The number of aryl methyl sites for hydroxylation is 1. The van der Waals surface area contributed by atoms with Crippen molar-refractivity contribution < 1.29 is 4.74 Å². The predicted octanol–water partition coefficient (Wildman–Crippen LogP) is 4.46. The quantitative estimate of drug-likeness (QED) is 0.371. The maximum absolute atomic E-state index is 13.2. The van der Waals surface area contributed by atoms with Crippen molar-refractivity contribution in [2.75, 3.05) is 6.61 Å². The summed E-state index contributed by atoms with van der Waals surface area (Å²) in [5.74, 6) is 1.05. The van der Waals surface area contributed by atoms with Crippen LogP contribution in [-0.4, -0.2) is 42.8 Å². The number of thiophene rings is 1. The van der Waals surface area contributed by atoms with Gasteiger partial charge in [-0.05, 0) is 64.6 Å². The summed E-state index contributed by atoms with van der Waals surface area (Å²) < 4.78 is 7.75. The lowest BCUT2D eigenvalue weighted by atomic mass is 10.00. The Labute approximate surface area is 208 Å². The average molecular weight is 493 g/mol. The van der Waals surface area contributed by atoms with E-state index in [0.29, 0.717) is 19.6 Å². The van der Waals surface area contributed by atoms with Crippen molar-refractivity contribution in [3.05, 3.63) is 74.0 Å². The van der Waals surface area contributed by atoms with Crippen LogP contribution in [0.25, 0.3) is 10.9 Å². The molecule has 1 aliphatic heterocycles. The van der Waals surface area contributed by atoms with Gasteiger partial charge in [-0.15, -0.1) is 16.4 Å². The molecule has 0 bridgehead atoms. The number of tetrazole rings is 1. The summed E-state index contributed by atoms with van der Waals surface area (Å²) in [7, 11) is 0. The normalized spacial score (nSPS) is 17.1. The minimum atomic E-state index is -0.0684. The van der Waals surface area contributed by atoms with E-state index in [9.17, 15) is 4.79 Å². The van der Waals surface area contributed by atoms with Gasteiger partial charge in [-0.2, -0.15) is 0 Å². The van der Waals surface area contributed by atoms with E-state index in [1.807, 2.05) is 35.9 Å². The number of hydrogen-bond acceptors (Lipinski definition) is 7. The van der Waals surface area contributed by atoms with Gasteiger partial charge in [0.1, 0.15) is 0 Å². The van der Waals surface area contributed by atoms with Crippen LogP contribution in [0.5, 0.6) is 0 Å². The number of fused-ring (bicyclic) bond motifs is 1. The van der Waals surface area contributed by atoms with E-state index >= 15 is 0 Å². The van der Waals surface area contributed by atoms with Crippen molar-refractivity contribution in [3.63, 3.8) is 0 Å². The van der Waals surface area contributed by atoms with Gasteiger partial charge in [-0.25, -0.2) is 4.68 Å². The number of nitrogens with one attached hydrogen (secondary N) is 1. The van der Waals surface area contributed by atoms with Crippen LogP contribution in [0, 0.1) is 12.8 Å². The minimum absolute atomic E-state index is 0.0515. The molecule has 9 heteroatoms. The Bertz CT molecular complexity index is 1320. The molecule has 0 unspecified atom stereocenters. The molecule has 35 heavy (non-hydrogen) atoms. The zero-order valence-electron chi connectivity index (χ0n) is 20.5. The third kappa shape index (κ3) is 5.22.